The topological polar surface area (TPSA) is 128 Å². The monoisotopic (exact) mass is 580 g/mol. The molecule has 0 spiro atoms. The Kier molecular flexibility index (Phi) is 9.69. The average molecular weight is 581 g/mol. The molecule has 1 unspecified atom stereocenters. The molecule has 1 aliphatic rings. The Morgan fingerprint density at radius 2 is 1.62 bits per heavy atom. The van der Waals surface area contributed by atoms with Crippen LogP contribution < -0.4 is 15.5 Å². The van der Waals surface area contributed by atoms with Crippen molar-refractivity contribution in [2.45, 2.75) is 18.9 Å². The summed E-state index contributed by atoms with van der Waals surface area (Å²) in [5, 5.41) is 14.8. The molecule has 1 aliphatic heterocycles. The van der Waals surface area contributed by atoms with E-state index in [1.54, 1.807) is 11.0 Å². The Morgan fingerprint density at radius 3 is 2.31 bits per heavy atom. The van der Waals surface area contributed by atoms with E-state index in [2.05, 4.69) is 10.6 Å². The zero-order valence-electron chi connectivity index (χ0n) is 22.8. The number of carboxylic acids is 1. The highest BCUT2D eigenvalue weighted by atomic mass is 19.1. The molecule has 4 rings (SSSR count). The Hall–Kier alpha value is -5.00. The summed E-state index contributed by atoms with van der Waals surface area (Å²) in [7, 11) is 1.31. The van der Waals surface area contributed by atoms with Crippen LogP contribution in [0.1, 0.15) is 45.2 Å². The van der Waals surface area contributed by atoms with Gasteiger partial charge in [-0.15, -0.1) is 0 Å². The second kappa shape index (κ2) is 13.6. The molecule has 3 aromatic rings. The van der Waals surface area contributed by atoms with Gasteiger partial charge in [-0.25, -0.2) is 13.6 Å². The lowest BCUT2D eigenvalue weighted by Crippen LogP contribution is -2.35. The summed E-state index contributed by atoms with van der Waals surface area (Å²) in [4.78, 5) is 53.5. The lowest BCUT2D eigenvalue weighted by Gasteiger charge is -2.26. The quantitative estimate of drug-likeness (QED) is 0.359. The SMILES string of the molecule is COC(=O)N1CCCN(c2ccc(C(=O)NC(CC(=O)O)c3ccc(F)cc3)cc2NC(=O)c2cccc(F)c2)CC1. The minimum atomic E-state index is -1.16. The van der Waals surface area contributed by atoms with Crippen molar-refractivity contribution in [3.63, 3.8) is 0 Å². The van der Waals surface area contributed by atoms with Crippen LogP contribution in [0.15, 0.2) is 66.7 Å². The van der Waals surface area contributed by atoms with Crippen molar-refractivity contribution >= 4 is 35.3 Å². The molecule has 220 valence electrons. The average Bonchev–Trinajstić information content (AvgIpc) is 3.23. The first-order valence-electron chi connectivity index (χ1n) is 13.2. The number of nitrogens with zero attached hydrogens (tertiary/aromatic N) is 2. The van der Waals surface area contributed by atoms with Gasteiger partial charge in [0.25, 0.3) is 11.8 Å². The highest BCUT2D eigenvalue weighted by Gasteiger charge is 2.24. The van der Waals surface area contributed by atoms with E-state index < -0.39 is 48.0 Å². The van der Waals surface area contributed by atoms with Gasteiger partial charge in [-0.1, -0.05) is 18.2 Å². The van der Waals surface area contributed by atoms with E-state index in [4.69, 9.17) is 4.74 Å². The van der Waals surface area contributed by atoms with Gasteiger partial charge >= 0.3 is 12.1 Å². The lowest BCUT2D eigenvalue weighted by molar-refractivity contribution is -0.137. The molecular weight excluding hydrogens is 550 g/mol. The maximum Gasteiger partial charge on any atom is 0.409 e. The number of carbonyl (C=O) groups is 4. The van der Waals surface area contributed by atoms with Gasteiger partial charge in [0.1, 0.15) is 11.6 Å². The minimum Gasteiger partial charge on any atom is -0.481 e. The smallest absolute Gasteiger partial charge is 0.409 e. The number of rotatable bonds is 8. The van der Waals surface area contributed by atoms with Crippen LogP contribution in [0.25, 0.3) is 0 Å². The number of carboxylic acid groups (broad SMARTS) is 1. The van der Waals surface area contributed by atoms with Crippen LogP contribution in [0.5, 0.6) is 0 Å². The standard InChI is InChI=1S/C30H30F2N4O6/c1-42-30(41)36-13-3-12-35(14-15-36)26-11-8-21(17-25(26)34-28(39)20-4-2-5-23(32)16-20)29(40)33-24(18-27(37)38)19-6-9-22(31)10-7-19/h2,4-11,16-17,24H,3,12-15,18H2,1H3,(H,33,40)(H,34,39)(H,37,38). The van der Waals surface area contributed by atoms with E-state index >= 15 is 0 Å². The fourth-order valence-electron chi connectivity index (χ4n) is 4.71. The summed E-state index contributed by atoms with van der Waals surface area (Å²) in [6.45, 7) is 1.78. The Balaban J connectivity index is 1.64. The first-order chi connectivity index (χ1) is 20.1. The molecule has 1 fully saturated rings. The molecule has 1 heterocycles. The van der Waals surface area contributed by atoms with Gasteiger partial charge in [0.05, 0.1) is 30.9 Å². The second-order valence-corrected chi connectivity index (χ2v) is 9.67. The molecule has 0 radical (unpaired) electrons. The number of benzene rings is 3. The predicted octanol–water partition coefficient (Wildman–Crippen LogP) is 4.44. The van der Waals surface area contributed by atoms with Crippen LogP contribution in [-0.4, -0.2) is 67.2 Å². The van der Waals surface area contributed by atoms with Crippen molar-refractivity contribution in [2.75, 3.05) is 43.5 Å². The number of hydrogen-bond donors (Lipinski definition) is 3. The Bertz CT molecular complexity index is 1470. The number of ether oxygens (including phenoxy) is 1. The van der Waals surface area contributed by atoms with Crippen molar-refractivity contribution in [1.29, 1.82) is 0 Å². The third-order valence-corrected chi connectivity index (χ3v) is 6.82. The summed E-state index contributed by atoms with van der Waals surface area (Å²) >= 11 is 0. The third-order valence-electron chi connectivity index (χ3n) is 6.82. The normalized spacial score (nSPS) is 14.0. The van der Waals surface area contributed by atoms with E-state index in [1.807, 2.05) is 4.90 Å². The van der Waals surface area contributed by atoms with Crippen LogP contribution in [-0.2, 0) is 9.53 Å². The highest BCUT2D eigenvalue weighted by Crippen LogP contribution is 2.30. The number of amides is 3. The van der Waals surface area contributed by atoms with Gasteiger partial charge in [-0.3, -0.25) is 14.4 Å². The number of anilines is 2. The third kappa shape index (κ3) is 7.59. The fraction of sp³-hybridized carbons (Fsp3) is 0.267. The van der Waals surface area contributed by atoms with E-state index in [0.29, 0.717) is 43.9 Å². The van der Waals surface area contributed by atoms with Gasteiger partial charge in [-0.2, -0.15) is 0 Å². The van der Waals surface area contributed by atoms with E-state index in [1.165, 1.54) is 61.7 Å². The van der Waals surface area contributed by atoms with Crippen LogP contribution in [0.3, 0.4) is 0 Å². The number of hydrogen-bond acceptors (Lipinski definition) is 6. The lowest BCUT2D eigenvalue weighted by atomic mass is 10.0. The molecule has 0 aliphatic carbocycles. The van der Waals surface area contributed by atoms with Gasteiger partial charge in [0.15, 0.2) is 0 Å². The summed E-state index contributed by atoms with van der Waals surface area (Å²) in [5.74, 6) is -3.47. The number of aliphatic carboxylic acids is 1. The zero-order valence-corrected chi connectivity index (χ0v) is 22.8. The highest BCUT2D eigenvalue weighted by molar-refractivity contribution is 6.07. The molecule has 1 saturated heterocycles. The van der Waals surface area contributed by atoms with Crippen molar-refractivity contribution < 1.29 is 37.8 Å². The molecule has 0 aromatic heterocycles. The molecule has 0 bridgehead atoms. The molecule has 12 heteroatoms. The Morgan fingerprint density at radius 1 is 0.881 bits per heavy atom. The van der Waals surface area contributed by atoms with Crippen LogP contribution >= 0.6 is 0 Å². The maximum atomic E-state index is 13.8. The van der Waals surface area contributed by atoms with Crippen molar-refractivity contribution in [3.8, 4) is 0 Å². The number of carbonyl (C=O) groups excluding carboxylic acids is 3. The minimum absolute atomic E-state index is 0.0707. The van der Waals surface area contributed by atoms with Crippen LogP contribution in [0.2, 0.25) is 0 Å². The maximum absolute atomic E-state index is 13.8. The van der Waals surface area contributed by atoms with Gasteiger partial charge in [0.2, 0.25) is 0 Å². The summed E-state index contributed by atoms with van der Waals surface area (Å²) in [6.07, 6.45) is -0.271. The number of methoxy groups -OCH3 is 1. The van der Waals surface area contributed by atoms with Gasteiger partial charge < -0.3 is 30.3 Å². The first-order valence-corrected chi connectivity index (χ1v) is 13.2. The van der Waals surface area contributed by atoms with Crippen LogP contribution in [0, 0.1) is 11.6 Å². The van der Waals surface area contributed by atoms with E-state index in [9.17, 15) is 33.1 Å². The zero-order chi connectivity index (χ0) is 30.2. The molecule has 3 aromatic carbocycles. The van der Waals surface area contributed by atoms with E-state index in [0.717, 1.165) is 6.07 Å². The molecular formula is C30H30F2N4O6. The van der Waals surface area contributed by atoms with Crippen molar-refractivity contribution in [1.82, 2.24) is 10.2 Å². The summed E-state index contributed by atoms with van der Waals surface area (Å²) in [6, 6.07) is 14.0. The largest absolute Gasteiger partial charge is 0.481 e. The number of nitrogens with one attached hydrogen (secondary N) is 2. The molecule has 10 nitrogen and oxygen atoms in total. The summed E-state index contributed by atoms with van der Waals surface area (Å²) < 4.78 is 32.1. The van der Waals surface area contributed by atoms with Gasteiger partial charge in [-0.05, 0) is 60.5 Å². The molecule has 0 saturated carbocycles. The molecule has 1 atom stereocenters. The van der Waals surface area contributed by atoms with Gasteiger partial charge in [0, 0.05) is 37.3 Å². The predicted molar refractivity (Wildman–Crippen MR) is 150 cm³/mol. The Labute approximate surface area is 240 Å². The molecule has 42 heavy (non-hydrogen) atoms. The van der Waals surface area contributed by atoms with Crippen LogP contribution in [0.4, 0.5) is 25.0 Å². The summed E-state index contributed by atoms with van der Waals surface area (Å²) in [5.41, 5.74) is 1.44. The fourth-order valence-corrected chi connectivity index (χ4v) is 4.71. The first kappa shape index (κ1) is 30.0. The molecule has 3 N–H and O–H groups in total. The van der Waals surface area contributed by atoms with E-state index in [-0.39, 0.29) is 16.8 Å². The number of halogens is 2. The van der Waals surface area contributed by atoms with Crippen molar-refractivity contribution in [2.24, 2.45) is 0 Å². The molecule has 3 amide bonds. The van der Waals surface area contributed by atoms with Crippen molar-refractivity contribution in [3.05, 3.63) is 95.1 Å². The second-order valence-electron chi connectivity index (χ2n) is 9.67.